The van der Waals surface area contributed by atoms with Crippen LogP contribution in [0.2, 0.25) is 0 Å². The van der Waals surface area contributed by atoms with Crippen LogP contribution >= 0.6 is 0 Å². The Bertz CT molecular complexity index is 1370. The zero-order valence-corrected chi connectivity index (χ0v) is 21.1. The molecule has 0 bridgehead atoms. The van der Waals surface area contributed by atoms with Gasteiger partial charge in [0.2, 0.25) is 11.8 Å². The summed E-state index contributed by atoms with van der Waals surface area (Å²) < 4.78 is 2.30. The Hall–Kier alpha value is -3.86. The largest absolute Gasteiger partial charge is 0.343 e. The van der Waals surface area contributed by atoms with E-state index < -0.39 is 0 Å². The average Bonchev–Trinajstić information content (AvgIpc) is 3.25. The van der Waals surface area contributed by atoms with Crippen molar-refractivity contribution in [3.63, 3.8) is 0 Å². The Morgan fingerprint density at radius 1 is 0.833 bits per heavy atom. The van der Waals surface area contributed by atoms with Crippen molar-refractivity contribution in [3.8, 4) is 0 Å². The van der Waals surface area contributed by atoms with E-state index in [1.165, 1.54) is 27.6 Å². The maximum Gasteiger partial charge on any atom is 0.223 e. The maximum atomic E-state index is 13.6. The first kappa shape index (κ1) is 23.9. The second-order valence-corrected chi connectivity index (χ2v) is 9.77. The van der Waals surface area contributed by atoms with E-state index in [0.717, 1.165) is 12.1 Å². The number of carbonyl (C=O) groups excluding carboxylic acids is 2. The van der Waals surface area contributed by atoms with Crippen molar-refractivity contribution in [2.75, 3.05) is 26.2 Å². The van der Waals surface area contributed by atoms with E-state index in [0.29, 0.717) is 32.6 Å². The Kier molecular flexibility index (Phi) is 6.90. The highest BCUT2D eigenvalue weighted by atomic mass is 16.2. The van der Waals surface area contributed by atoms with Gasteiger partial charge in [0.1, 0.15) is 0 Å². The minimum Gasteiger partial charge on any atom is -0.343 e. The first-order valence-corrected chi connectivity index (χ1v) is 12.7. The molecule has 184 valence electrons. The molecule has 1 unspecified atom stereocenters. The van der Waals surface area contributed by atoms with E-state index in [-0.39, 0.29) is 17.7 Å². The van der Waals surface area contributed by atoms with Gasteiger partial charge in [-0.3, -0.25) is 9.59 Å². The quantitative estimate of drug-likeness (QED) is 0.381. The minimum absolute atomic E-state index is 0.0508. The Labute approximate surface area is 212 Å². The number of piperazine rings is 1. The number of rotatable bonds is 6. The lowest BCUT2D eigenvalue weighted by molar-refractivity contribution is -0.138. The van der Waals surface area contributed by atoms with Crippen molar-refractivity contribution >= 4 is 22.7 Å². The second-order valence-electron chi connectivity index (χ2n) is 9.77. The number of fused-ring (bicyclic) bond motifs is 1. The molecule has 0 radical (unpaired) electrons. The smallest absolute Gasteiger partial charge is 0.223 e. The standard InChI is InChI=1S/C31H33N3O2/c1-23-9-8-12-26(19-23)28(20-31(36)33-17-15-32(16-18-33)24(2)35)29-22-34(21-25-10-4-3-5-11-25)30-14-7-6-13-27(29)30/h3-14,19,22,28H,15-18,20-21H2,1-2H3. The van der Waals surface area contributed by atoms with Crippen LogP contribution in [0.15, 0.2) is 85.1 Å². The second kappa shape index (κ2) is 10.4. The topological polar surface area (TPSA) is 45.6 Å². The van der Waals surface area contributed by atoms with Gasteiger partial charge in [-0.05, 0) is 29.7 Å². The summed E-state index contributed by atoms with van der Waals surface area (Å²) in [5.74, 6) is 0.167. The van der Waals surface area contributed by atoms with Crippen LogP contribution in [0, 0.1) is 6.92 Å². The summed E-state index contributed by atoms with van der Waals surface area (Å²) in [6, 6.07) is 27.5. The number of amides is 2. The fourth-order valence-corrected chi connectivity index (χ4v) is 5.33. The van der Waals surface area contributed by atoms with E-state index in [2.05, 4.69) is 90.5 Å². The molecule has 1 fully saturated rings. The molecular formula is C31H33N3O2. The molecule has 2 heterocycles. The molecule has 0 saturated carbocycles. The number of benzene rings is 3. The number of aryl methyl sites for hydroxylation is 1. The van der Waals surface area contributed by atoms with E-state index in [1.54, 1.807) is 6.92 Å². The molecule has 1 atom stereocenters. The van der Waals surface area contributed by atoms with Crippen LogP contribution in [0.25, 0.3) is 10.9 Å². The van der Waals surface area contributed by atoms with Gasteiger partial charge in [0, 0.05) is 69.1 Å². The monoisotopic (exact) mass is 479 g/mol. The van der Waals surface area contributed by atoms with Crippen LogP contribution in [-0.4, -0.2) is 52.4 Å². The minimum atomic E-state index is -0.0508. The molecule has 5 heteroatoms. The van der Waals surface area contributed by atoms with Crippen LogP contribution in [0.4, 0.5) is 0 Å². The molecule has 3 aromatic carbocycles. The van der Waals surface area contributed by atoms with Crippen molar-refractivity contribution in [1.29, 1.82) is 0 Å². The van der Waals surface area contributed by atoms with Crippen LogP contribution in [0.3, 0.4) is 0 Å². The fourth-order valence-electron chi connectivity index (χ4n) is 5.33. The summed E-state index contributed by atoms with van der Waals surface area (Å²) in [6.45, 7) is 6.86. The summed E-state index contributed by atoms with van der Waals surface area (Å²) in [4.78, 5) is 29.0. The van der Waals surface area contributed by atoms with E-state index >= 15 is 0 Å². The zero-order chi connectivity index (χ0) is 25.1. The fraction of sp³-hybridized carbons (Fsp3) is 0.290. The molecule has 1 aliphatic heterocycles. The molecular weight excluding hydrogens is 446 g/mol. The number of aromatic nitrogens is 1. The third-order valence-corrected chi connectivity index (χ3v) is 7.29. The van der Waals surface area contributed by atoms with Crippen LogP contribution in [-0.2, 0) is 16.1 Å². The lowest BCUT2D eigenvalue weighted by atomic mass is 9.87. The predicted octanol–water partition coefficient (Wildman–Crippen LogP) is 5.21. The van der Waals surface area contributed by atoms with Gasteiger partial charge in [0.25, 0.3) is 0 Å². The van der Waals surface area contributed by atoms with Gasteiger partial charge in [-0.25, -0.2) is 0 Å². The molecule has 1 aromatic heterocycles. The van der Waals surface area contributed by atoms with Gasteiger partial charge in [-0.15, -0.1) is 0 Å². The molecule has 0 aliphatic carbocycles. The van der Waals surface area contributed by atoms with Gasteiger partial charge >= 0.3 is 0 Å². The molecule has 4 aromatic rings. The molecule has 2 amide bonds. The lowest BCUT2D eigenvalue weighted by Gasteiger charge is -2.35. The first-order chi connectivity index (χ1) is 17.5. The van der Waals surface area contributed by atoms with Crippen molar-refractivity contribution in [2.45, 2.75) is 32.7 Å². The van der Waals surface area contributed by atoms with Gasteiger partial charge in [-0.1, -0.05) is 78.4 Å². The average molecular weight is 480 g/mol. The summed E-state index contributed by atoms with van der Waals surface area (Å²) >= 11 is 0. The molecule has 36 heavy (non-hydrogen) atoms. The van der Waals surface area contributed by atoms with Crippen molar-refractivity contribution in [1.82, 2.24) is 14.4 Å². The van der Waals surface area contributed by atoms with Crippen molar-refractivity contribution in [2.24, 2.45) is 0 Å². The predicted molar refractivity (Wildman–Crippen MR) is 144 cm³/mol. The number of hydrogen-bond donors (Lipinski definition) is 0. The van der Waals surface area contributed by atoms with Gasteiger partial charge in [-0.2, -0.15) is 0 Å². The number of para-hydroxylation sites is 1. The van der Waals surface area contributed by atoms with E-state index in [9.17, 15) is 9.59 Å². The molecule has 5 nitrogen and oxygen atoms in total. The number of nitrogens with zero attached hydrogens (tertiary/aromatic N) is 3. The SMILES string of the molecule is CC(=O)N1CCN(C(=O)CC(c2cccc(C)c2)c2cn(Cc3ccccc3)c3ccccc23)CC1. The third-order valence-electron chi connectivity index (χ3n) is 7.29. The number of hydrogen-bond acceptors (Lipinski definition) is 2. The normalized spacial score (nSPS) is 14.7. The Morgan fingerprint density at radius 3 is 2.25 bits per heavy atom. The van der Waals surface area contributed by atoms with Crippen LogP contribution < -0.4 is 0 Å². The summed E-state index contributed by atoms with van der Waals surface area (Å²) in [7, 11) is 0. The van der Waals surface area contributed by atoms with E-state index in [1.807, 2.05) is 15.9 Å². The summed E-state index contributed by atoms with van der Waals surface area (Å²) in [5, 5.41) is 1.19. The molecule has 1 aliphatic rings. The Balaban J connectivity index is 1.50. The number of carbonyl (C=O) groups is 2. The molecule has 1 saturated heterocycles. The van der Waals surface area contributed by atoms with Crippen molar-refractivity contribution in [3.05, 3.63) is 107 Å². The highest BCUT2D eigenvalue weighted by molar-refractivity contribution is 5.87. The third kappa shape index (κ3) is 5.06. The van der Waals surface area contributed by atoms with Gasteiger partial charge in [0.15, 0.2) is 0 Å². The molecule has 5 rings (SSSR count). The molecule has 0 spiro atoms. The maximum absolute atomic E-state index is 13.6. The highest BCUT2D eigenvalue weighted by Gasteiger charge is 2.28. The van der Waals surface area contributed by atoms with Crippen LogP contribution in [0.1, 0.15) is 41.5 Å². The van der Waals surface area contributed by atoms with E-state index in [4.69, 9.17) is 0 Å². The molecule has 0 N–H and O–H groups in total. The summed E-state index contributed by atoms with van der Waals surface area (Å²) in [6.07, 6.45) is 2.65. The van der Waals surface area contributed by atoms with Crippen LogP contribution in [0.5, 0.6) is 0 Å². The summed E-state index contributed by atoms with van der Waals surface area (Å²) in [5.41, 5.74) is 5.96. The van der Waals surface area contributed by atoms with Gasteiger partial charge < -0.3 is 14.4 Å². The zero-order valence-electron chi connectivity index (χ0n) is 21.1. The Morgan fingerprint density at radius 2 is 1.53 bits per heavy atom. The highest BCUT2D eigenvalue weighted by Crippen LogP contribution is 2.36. The lowest BCUT2D eigenvalue weighted by Crippen LogP contribution is -2.50. The van der Waals surface area contributed by atoms with Gasteiger partial charge in [0.05, 0.1) is 0 Å². The first-order valence-electron chi connectivity index (χ1n) is 12.7. The van der Waals surface area contributed by atoms with Crippen molar-refractivity contribution < 1.29 is 9.59 Å².